The van der Waals surface area contributed by atoms with Gasteiger partial charge in [-0.15, -0.1) is 0 Å². The predicted molar refractivity (Wildman–Crippen MR) is 129 cm³/mol. The number of hydrogen-bond acceptors (Lipinski definition) is 5. The molecule has 2 aromatic carbocycles. The molecule has 1 fully saturated rings. The van der Waals surface area contributed by atoms with Gasteiger partial charge in [-0.1, -0.05) is 34.1 Å². The van der Waals surface area contributed by atoms with E-state index in [1.807, 2.05) is 24.4 Å². The van der Waals surface area contributed by atoms with Gasteiger partial charge < -0.3 is 19.5 Å². The second kappa shape index (κ2) is 6.59. The molecular formula is C27H25BrN2O3. The van der Waals surface area contributed by atoms with Crippen LogP contribution in [0, 0.1) is 0 Å². The summed E-state index contributed by atoms with van der Waals surface area (Å²) in [6.07, 6.45) is 3.86. The fourth-order valence-corrected chi connectivity index (χ4v) is 7.33. The van der Waals surface area contributed by atoms with Crippen molar-refractivity contribution in [3.05, 3.63) is 75.5 Å². The van der Waals surface area contributed by atoms with Crippen molar-refractivity contribution in [2.24, 2.45) is 0 Å². The zero-order chi connectivity index (χ0) is 22.5. The fraction of sp³-hybridized carbons (Fsp3) is 0.370. The van der Waals surface area contributed by atoms with Crippen LogP contribution >= 0.6 is 15.9 Å². The van der Waals surface area contributed by atoms with Crippen LogP contribution in [0.1, 0.15) is 34.9 Å². The second-order valence-electron chi connectivity index (χ2n) is 9.93. The molecule has 3 heterocycles. The van der Waals surface area contributed by atoms with Gasteiger partial charge in [0, 0.05) is 34.3 Å². The number of halogens is 1. The van der Waals surface area contributed by atoms with Crippen LogP contribution in [0.25, 0.3) is 11.1 Å². The minimum absolute atomic E-state index is 0.0358. The number of fused-ring (bicyclic) bond motifs is 2. The van der Waals surface area contributed by atoms with Gasteiger partial charge in [0.15, 0.2) is 17.6 Å². The summed E-state index contributed by atoms with van der Waals surface area (Å²) >= 11 is 3.52. The number of likely N-dealkylation sites (N-methyl/N-ethyl adjacent to an activating group) is 1. The third-order valence-corrected chi connectivity index (χ3v) is 9.10. The predicted octanol–water partition coefficient (Wildman–Crippen LogP) is 4.44. The molecule has 2 bridgehead atoms. The molecule has 0 unspecified atom stereocenters. The highest BCUT2D eigenvalue weighted by Gasteiger charge is 2.72. The molecule has 3 aromatic rings. The minimum Gasteiger partial charge on any atom is -0.493 e. The number of nitrogens with zero attached hydrogens (tertiary/aromatic N) is 2. The minimum atomic E-state index is -0.928. The number of rotatable bonds is 2. The first-order valence-electron chi connectivity index (χ1n) is 11.5. The van der Waals surface area contributed by atoms with Crippen LogP contribution in [0.5, 0.6) is 11.5 Å². The first-order valence-corrected chi connectivity index (χ1v) is 12.3. The highest BCUT2D eigenvalue weighted by atomic mass is 79.9. The second-order valence-corrected chi connectivity index (χ2v) is 10.8. The van der Waals surface area contributed by atoms with Gasteiger partial charge >= 0.3 is 0 Å². The van der Waals surface area contributed by atoms with Crippen molar-refractivity contribution in [2.75, 3.05) is 20.7 Å². The van der Waals surface area contributed by atoms with Crippen molar-refractivity contribution < 1.29 is 14.6 Å². The summed E-state index contributed by atoms with van der Waals surface area (Å²) in [4.78, 5) is 7.32. The molecule has 4 atom stereocenters. The standard InChI is InChI=1S/C27H25BrN2O3/c1-30-10-9-26-22-16-5-8-20(32-2)24(22)33-25(26)23-17(13-27(26,31)21(30)12-16)11-18(14-29-23)15-3-6-19(28)7-4-15/h3-8,11,14,21,25,31H,9-10,12-13H2,1-2H3/t21-,25+,26+,27-/m1/s1. The van der Waals surface area contributed by atoms with E-state index in [9.17, 15) is 5.11 Å². The molecule has 1 aromatic heterocycles. The van der Waals surface area contributed by atoms with E-state index in [0.717, 1.165) is 63.3 Å². The van der Waals surface area contributed by atoms with Crippen LogP contribution in [0.2, 0.25) is 0 Å². The normalized spacial score (nSPS) is 30.9. The molecule has 0 radical (unpaired) electrons. The number of benzene rings is 2. The summed E-state index contributed by atoms with van der Waals surface area (Å²) in [6, 6.07) is 14.7. The summed E-state index contributed by atoms with van der Waals surface area (Å²) < 4.78 is 13.5. The Morgan fingerprint density at radius 2 is 1.97 bits per heavy atom. The van der Waals surface area contributed by atoms with E-state index in [1.165, 1.54) is 5.56 Å². The van der Waals surface area contributed by atoms with E-state index >= 15 is 0 Å². The molecule has 1 spiro atoms. The monoisotopic (exact) mass is 504 g/mol. The molecule has 168 valence electrons. The lowest BCUT2D eigenvalue weighted by Crippen LogP contribution is -2.74. The average molecular weight is 505 g/mol. The SMILES string of the molecule is COc1ccc2c3c1O[C@H]1c4ncc(-c5ccc(Br)cc5)cc4C[C@@]4(O)[C@@H](C2)N(C)CC[C@]314. The Balaban J connectivity index is 1.46. The van der Waals surface area contributed by atoms with Crippen LogP contribution in [-0.2, 0) is 18.3 Å². The molecule has 2 aliphatic carbocycles. The zero-order valence-electron chi connectivity index (χ0n) is 18.6. The van der Waals surface area contributed by atoms with Crippen molar-refractivity contribution >= 4 is 15.9 Å². The Bertz CT molecular complexity index is 1310. The highest BCUT2D eigenvalue weighted by Crippen LogP contribution is 2.68. The first-order chi connectivity index (χ1) is 16.0. The zero-order valence-corrected chi connectivity index (χ0v) is 20.2. The number of likely N-dealkylation sites (tertiary alicyclic amines) is 1. The molecule has 33 heavy (non-hydrogen) atoms. The summed E-state index contributed by atoms with van der Waals surface area (Å²) in [7, 11) is 3.83. The number of pyridine rings is 1. The van der Waals surface area contributed by atoms with Crippen LogP contribution < -0.4 is 9.47 Å². The molecule has 1 saturated heterocycles. The molecule has 4 aliphatic rings. The maximum absolute atomic E-state index is 12.6. The molecule has 0 amide bonds. The van der Waals surface area contributed by atoms with E-state index in [0.29, 0.717) is 6.42 Å². The van der Waals surface area contributed by atoms with E-state index in [-0.39, 0.29) is 12.1 Å². The number of ether oxygens (including phenoxy) is 2. The fourth-order valence-electron chi connectivity index (χ4n) is 7.06. The molecule has 7 rings (SSSR count). The van der Waals surface area contributed by atoms with Gasteiger partial charge in [0.25, 0.3) is 0 Å². The molecule has 6 heteroatoms. The van der Waals surface area contributed by atoms with Crippen LogP contribution in [0.3, 0.4) is 0 Å². The van der Waals surface area contributed by atoms with E-state index < -0.39 is 11.0 Å². The van der Waals surface area contributed by atoms with Gasteiger partial charge in [-0.2, -0.15) is 0 Å². The maximum atomic E-state index is 12.6. The lowest BCUT2D eigenvalue weighted by atomic mass is 9.49. The quantitative estimate of drug-likeness (QED) is 0.559. The van der Waals surface area contributed by atoms with Crippen molar-refractivity contribution in [1.82, 2.24) is 9.88 Å². The topological polar surface area (TPSA) is 54.8 Å². The smallest absolute Gasteiger partial charge is 0.166 e. The third-order valence-electron chi connectivity index (χ3n) is 8.57. The van der Waals surface area contributed by atoms with E-state index in [1.54, 1.807) is 7.11 Å². The Morgan fingerprint density at radius 3 is 2.76 bits per heavy atom. The molecule has 5 nitrogen and oxygen atoms in total. The van der Waals surface area contributed by atoms with Crippen LogP contribution in [-0.4, -0.2) is 47.3 Å². The summed E-state index contributed by atoms with van der Waals surface area (Å²) in [5, 5.41) is 12.6. The van der Waals surface area contributed by atoms with Gasteiger partial charge in [0.1, 0.15) is 0 Å². The molecule has 1 N–H and O–H groups in total. The Hall–Kier alpha value is -2.41. The number of aliphatic hydroxyl groups is 1. The Kier molecular flexibility index (Phi) is 3.99. The van der Waals surface area contributed by atoms with Crippen molar-refractivity contribution in [3.8, 4) is 22.6 Å². The van der Waals surface area contributed by atoms with E-state index in [4.69, 9.17) is 14.5 Å². The Morgan fingerprint density at radius 1 is 1.15 bits per heavy atom. The van der Waals surface area contributed by atoms with Crippen LogP contribution in [0.15, 0.2) is 53.1 Å². The first kappa shape index (κ1) is 20.0. The van der Waals surface area contributed by atoms with Crippen LogP contribution in [0.4, 0.5) is 0 Å². The summed E-state index contributed by atoms with van der Waals surface area (Å²) in [6.45, 7) is 0.926. The van der Waals surface area contributed by atoms with Gasteiger partial charge in [-0.25, -0.2) is 0 Å². The highest BCUT2D eigenvalue weighted by molar-refractivity contribution is 9.10. The number of aromatic nitrogens is 1. The summed E-state index contributed by atoms with van der Waals surface area (Å²) in [5.74, 6) is 1.54. The number of piperidine rings is 1. The van der Waals surface area contributed by atoms with Gasteiger partial charge in [0.05, 0.1) is 23.8 Å². The lowest BCUT2D eigenvalue weighted by molar-refractivity contribution is -0.168. The third kappa shape index (κ3) is 2.37. The Labute approximate surface area is 201 Å². The van der Waals surface area contributed by atoms with Gasteiger partial charge in [-0.05, 0) is 67.4 Å². The number of hydrogen-bond donors (Lipinski definition) is 1. The lowest BCUT2D eigenvalue weighted by Gasteiger charge is -2.62. The largest absolute Gasteiger partial charge is 0.493 e. The maximum Gasteiger partial charge on any atom is 0.166 e. The molecule has 0 saturated carbocycles. The molecule has 2 aliphatic heterocycles. The van der Waals surface area contributed by atoms with Gasteiger partial charge in [-0.3, -0.25) is 4.98 Å². The molecular weight excluding hydrogens is 480 g/mol. The van der Waals surface area contributed by atoms with Gasteiger partial charge in [0.2, 0.25) is 0 Å². The average Bonchev–Trinajstić information content (AvgIpc) is 3.17. The number of methoxy groups -OCH3 is 1. The van der Waals surface area contributed by atoms with E-state index in [2.05, 4.69) is 52.1 Å². The van der Waals surface area contributed by atoms with Crippen molar-refractivity contribution in [3.63, 3.8) is 0 Å². The van der Waals surface area contributed by atoms with Crippen molar-refractivity contribution in [1.29, 1.82) is 0 Å². The summed E-state index contributed by atoms with van der Waals surface area (Å²) in [5.41, 5.74) is 5.20. The van der Waals surface area contributed by atoms with Crippen molar-refractivity contribution in [2.45, 2.75) is 42.4 Å².